The minimum absolute atomic E-state index is 0.294. The summed E-state index contributed by atoms with van der Waals surface area (Å²) in [7, 11) is 0. The lowest BCUT2D eigenvalue weighted by Crippen LogP contribution is -2.16. The van der Waals surface area contributed by atoms with Gasteiger partial charge in [0.05, 0.1) is 6.26 Å². The van der Waals surface area contributed by atoms with Crippen LogP contribution < -0.4 is 10.5 Å². The molecule has 0 bridgehead atoms. The van der Waals surface area contributed by atoms with Gasteiger partial charge in [0.15, 0.2) is 11.4 Å². The van der Waals surface area contributed by atoms with Gasteiger partial charge >= 0.3 is 6.36 Å². The molecule has 4 aromatic rings. The van der Waals surface area contributed by atoms with Crippen LogP contribution in [-0.2, 0) is 0 Å². The van der Waals surface area contributed by atoms with Crippen LogP contribution in [-0.4, -0.2) is 21.0 Å². The summed E-state index contributed by atoms with van der Waals surface area (Å²) in [6, 6.07) is 12.3. The van der Waals surface area contributed by atoms with Crippen molar-refractivity contribution >= 4 is 11.5 Å². The van der Waals surface area contributed by atoms with Gasteiger partial charge in [0.1, 0.15) is 11.6 Å². The Hall–Kier alpha value is -3.49. The molecule has 0 radical (unpaired) electrons. The van der Waals surface area contributed by atoms with Crippen LogP contribution in [0.4, 0.5) is 19.0 Å². The highest BCUT2D eigenvalue weighted by molar-refractivity contribution is 5.72. The summed E-state index contributed by atoms with van der Waals surface area (Å²) >= 11 is 0. The molecule has 0 unspecified atom stereocenters. The second-order valence-electron chi connectivity index (χ2n) is 5.42. The van der Waals surface area contributed by atoms with Crippen molar-refractivity contribution in [3.63, 3.8) is 0 Å². The molecule has 4 rings (SSSR count). The molecule has 0 saturated heterocycles. The van der Waals surface area contributed by atoms with Crippen molar-refractivity contribution in [1.82, 2.24) is 14.6 Å². The van der Waals surface area contributed by atoms with Gasteiger partial charge < -0.3 is 14.9 Å². The molecule has 1 aromatic carbocycles. The number of alkyl halides is 3. The van der Waals surface area contributed by atoms with Gasteiger partial charge in [0.2, 0.25) is 5.82 Å². The summed E-state index contributed by atoms with van der Waals surface area (Å²) in [6.07, 6.45) is -3.21. The van der Waals surface area contributed by atoms with Crippen molar-refractivity contribution in [3.05, 3.63) is 54.8 Å². The number of hydrogen-bond donors (Lipinski definition) is 1. The fourth-order valence-electron chi connectivity index (χ4n) is 2.53. The Balaban J connectivity index is 1.70. The summed E-state index contributed by atoms with van der Waals surface area (Å²) in [5.74, 6) is 0.924. The molecule has 26 heavy (non-hydrogen) atoms. The van der Waals surface area contributed by atoms with Crippen LogP contribution in [0.3, 0.4) is 0 Å². The largest absolute Gasteiger partial charge is 0.573 e. The van der Waals surface area contributed by atoms with Gasteiger partial charge in [-0.25, -0.2) is 4.98 Å². The average molecular weight is 360 g/mol. The lowest BCUT2D eigenvalue weighted by atomic mass is 10.1. The lowest BCUT2D eigenvalue weighted by molar-refractivity contribution is -0.274. The van der Waals surface area contributed by atoms with Crippen molar-refractivity contribution in [2.75, 3.05) is 5.73 Å². The fraction of sp³-hybridized carbons (Fsp3) is 0.0588. The van der Waals surface area contributed by atoms with E-state index in [0.29, 0.717) is 34.2 Å². The van der Waals surface area contributed by atoms with Gasteiger partial charge in [0, 0.05) is 0 Å². The van der Waals surface area contributed by atoms with Crippen LogP contribution in [0.15, 0.2) is 59.2 Å². The third kappa shape index (κ3) is 3.06. The zero-order valence-electron chi connectivity index (χ0n) is 13.1. The lowest BCUT2D eigenvalue weighted by Gasteiger charge is -2.09. The number of ether oxygens (including phenoxy) is 1. The smallest absolute Gasteiger partial charge is 0.461 e. The highest BCUT2D eigenvalue weighted by atomic mass is 19.4. The van der Waals surface area contributed by atoms with E-state index in [4.69, 9.17) is 10.2 Å². The Morgan fingerprint density at radius 1 is 1.04 bits per heavy atom. The summed E-state index contributed by atoms with van der Waals surface area (Å²) in [6.45, 7) is 0. The number of furan rings is 1. The minimum Gasteiger partial charge on any atom is -0.461 e. The molecular weight excluding hydrogens is 349 g/mol. The third-order valence-electron chi connectivity index (χ3n) is 3.63. The second-order valence-corrected chi connectivity index (χ2v) is 5.42. The number of fused-ring (bicyclic) bond motifs is 1. The maximum Gasteiger partial charge on any atom is 0.573 e. The van der Waals surface area contributed by atoms with Crippen molar-refractivity contribution in [2.24, 2.45) is 0 Å². The minimum atomic E-state index is -4.73. The maximum atomic E-state index is 12.2. The zero-order valence-corrected chi connectivity index (χ0v) is 13.1. The monoisotopic (exact) mass is 360 g/mol. The van der Waals surface area contributed by atoms with Crippen LogP contribution in [0.25, 0.3) is 28.4 Å². The molecule has 0 spiro atoms. The number of benzene rings is 1. The van der Waals surface area contributed by atoms with Crippen molar-refractivity contribution in [3.8, 4) is 28.5 Å². The van der Waals surface area contributed by atoms with Gasteiger partial charge in [-0.05, 0) is 47.5 Å². The third-order valence-corrected chi connectivity index (χ3v) is 3.63. The summed E-state index contributed by atoms with van der Waals surface area (Å²) in [5, 5.41) is 4.29. The standard InChI is InChI=1S/C17H11F3N4O2/c18-17(19,20)26-12-5-3-10(4-6-12)11-8-14(21)24-15(9-11)22-16(23-24)13-2-1-7-25-13/h1-9H,21H2. The van der Waals surface area contributed by atoms with Crippen LogP contribution in [0.1, 0.15) is 0 Å². The fourth-order valence-corrected chi connectivity index (χ4v) is 2.53. The zero-order chi connectivity index (χ0) is 18.3. The summed E-state index contributed by atoms with van der Waals surface area (Å²) in [5.41, 5.74) is 7.87. The topological polar surface area (TPSA) is 78.6 Å². The van der Waals surface area contributed by atoms with E-state index in [-0.39, 0.29) is 5.75 Å². The second kappa shape index (κ2) is 5.80. The molecule has 0 atom stereocenters. The van der Waals surface area contributed by atoms with Crippen molar-refractivity contribution in [2.45, 2.75) is 6.36 Å². The van der Waals surface area contributed by atoms with E-state index in [1.165, 1.54) is 35.0 Å². The van der Waals surface area contributed by atoms with Crippen LogP contribution in [0.5, 0.6) is 5.75 Å². The summed E-state index contributed by atoms with van der Waals surface area (Å²) < 4.78 is 47.3. The average Bonchev–Trinajstić information content (AvgIpc) is 3.23. The SMILES string of the molecule is Nc1cc(-c2ccc(OC(F)(F)F)cc2)cc2nc(-c3ccco3)nn12. The Morgan fingerprint density at radius 2 is 1.81 bits per heavy atom. The highest BCUT2D eigenvalue weighted by Gasteiger charge is 2.31. The molecule has 0 aliphatic rings. The molecular formula is C17H11F3N4O2. The van der Waals surface area contributed by atoms with Gasteiger partial charge in [-0.2, -0.15) is 4.52 Å². The number of hydrogen-bond acceptors (Lipinski definition) is 5. The van der Waals surface area contributed by atoms with Crippen LogP contribution in [0.2, 0.25) is 0 Å². The van der Waals surface area contributed by atoms with Crippen LogP contribution >= 0.6 is 0 Å². The first-order valence-corrected chi connectivity index (χ1v) is 7.45. The normalized spacial score (nSPS) is 11.8. The van der Waals surface area contributed by atoms with Gasteiger partial charge in [-0.1, -0.05) is 12.1 Å². The van der Waals surface area contributed by atoms with E-state index in [2.05, 4.69) is 14.8 Å². The van der Waals surface area contributed by atoms with Crippen LogP contribution in [0, 0.1) is 0 Å². The van der Waals surface area contributed by atoms with E-state index in [1.807, 2.05) is 0 Å². The molecule has 132 valence electrons. The van der Waals surface area contributed by atoms with Crippen molar-refractivity contribution < 1.29 is 22.3 Å². The first-order chi connectivity index (χ1) is 12.4. The van der Waals surface area contributed by atoms with E-state index >= 15 is 0 Å². The number of nitrogens with two attached hydrogens (primary N) is 1. The van der Waals surface area contributed by atoms with Gasteiger partial charge in [-0.15, -0.1) is 18.3 Å². The first-order valence-electron chi connectivity index (χ1n) is 7.45. The van der Waals surface area contributed by atoms with Gasteiger partial charge in [0.25, 0.3) is 0 Å². The van der Waals surface area contributed by atoms with E-state index in [1.54, 1.807) is 24.3 Å². The molecule has 2 N–H and O–H groups in total. The van der Waals surface area contributed by atoms with E-state index < -0.39 is 6.36 Å². The number of nitrogen functional groups attached to an aromatic ring is 1. The number of rotatable bonds is 3. The first kappa shape index (κ1) is 16.0. The Kier molecular flexibility index (Phi) is 3.57. The molecule has 0 fully saturated rings. The molecule has 3 aromatic heterocycles. The van der Waals surface area contributed by atoms with E-state index in [0.717, 1.165) is 0 Å². The molecule has 0 amide bonds. The van der Waals surface area contributed by atoms with E-state index in [9.17, 15) is 13.2 Å². The molecule has 6 nitrogen and oxygen atoms in total. The molecule has 3 heterocycles. The van der Waals surface area contributed by atoms with Crippen molar-refractivity contribution in [1.29, 1.82) is 0 Å². The number of halogens is 3. The predicted octanol–water partition coefficient (Wildman–Crippen LogP) is 4.14. The quantitative estimate of drug-likeness (QED) is 0.594. The number of nitrogens with zero attached hydrogens (tertiary/aromatic N) is 3. The molecule has 9 heteroatoms. The molecule has 0 aliphatic carbocycles. The predicted molar refractivity (Wildman–Crippen MR) is 87.2 cm³/mol. The van der Waals surface area contributed by atoms with Gasteiger partial charge in [-0.3, -0.25) is 0 Å². The Morgan fingerprint density at radius 3 is 2.46 bits per heavy atom. The summed E-state index contributed by atoms with van der Waals surface area (Å²) in [4.78, 5) is 4.37. The Bertz CT molecular complexity index is 1050. The number of pyridine rings is 1. The number of aromatic nitrogens is 3. The molecule has 0 aliphatic heterocycles. The maximum absolute atomic E-state index is 12.2. The molecule has 0 saturated carbocycles. The highest BCUT2D eigenvalue weighted by Crippen LogP contribution is 2.29. The number of anilines is 1. The Labute approximate surface area is 144 Å².